The van der Waals surface area contributed by atoms with E-state index in [1.807, 2.05) is 65.8 Å². The second-order valence-electron chi connectivity index (χ2n) is 17.6. The maximum absolute atomic E-state index is 15.0. The molecule has 0 bridgehead atoms. The van der Waals surface area contributed by atoms with Gasteiger partial charge in [0, 0.05) is 0 Å². The number of esters is 4. The van der Waals surface area contributed by atoms with Gasteiger partial charge in [0.15, 0.2) is 0 Å². The fourth-order valence-corrected chi connectivity index (χ4v) is 21.3. The predicted molar refractivity (Wildman–Crippen MR) is 210 cm³/mol. The molecule has 284 valence electrons. The summed E-state index contributed by atoms with van der Waals surface area (Å²) in [6.07, 6.45) is 0. The summed E-state index contributed by atoms with van der Waals surface area (Å²) in [4.78, 5) is 60.0. The molecule has 1 aliphatic heterocycles. The number of hydrogen-bond acceptors (Lipinski definition) is 8. The summed E-state index contributed by atoms with van der Waals surface area (Å²) in [5, 5.41) is 0. The topological polar surface area (TPSA) is 105 Å². The average Bonchev–Trinajstić information content (AvgIpc) is 2.87. The van der Waals surface area contributed by atoms with Crippen LogP contribution in [0.25, 0.3) is 0 Å². The molecule has 0 amide bonds. The van der Waals surface area contributed by atoms with Gasteiger partial charge < -0.3 is 0 Å². The Morgan fingerprint density at radius 3 is 0.712 bits per heavy atom. The summed E-state index contributed by atoms with van der Waals surface area (Å²) in [5.41, 5.74) is 1.51. The molecular formula is C42H58As2O8. The van der Waals surface area contributed by atoms with Gasteiger partial charge in [-0.3, -0.25) is 0 Å². The molecule has 0 N–H and O–H groups in total. The van der Waals surface area contributed by atoms with Crippen molar-refractivity contribution in [3.63, 3.8) is 0 Å². The van der Waals surface area contributed by atoms with Crippen molar-refractivity contribution in [3.8, 4) is 0 Å². The first-order valence-corrected chi connectivity index (χ1v) is 23.2. The molecule has 2 aromatic carbocycles. The van der Waals surface area contributed by atoms with Crippen molar-refractivity contribution in [2.75, 3.05) is 0 Å². The van der Waals surface area contributed by atoms with Crippen LogP contribution in [0.3, 0.4) is 0 Å². The number of carbonyl (C=O) groups is 4. The van der Waals surface area contributed by atoms with E-state index in [0.717, 1.165) is 42.1 Å². The Balaban J connectivity index is 2.86. The van der Waals surface area contributed by atoms with Crippen LogP contribution >= 0.6 is 0 Å². The van der Waals surface area contributed by atoms with Gasteiger partial charge in [0.1, 0.15) is 0 Å². The van der Waals surface area contributed by atoms with E-state index in [0.29, 0.717) is 0 Å². The van der Waals surface area contributed by atoms with Crippen LogP contribution in [0, 0.1) is 41.5 Å². The molecule has 1 heterocycles. The SMILES string of the molecule is Cc1cc(C)c([As]2C(C(=O)OC(C)(C)C)=C(C(=O)OC(C)(C)C)[As](c3c(C)cc(C)cc3C)C(C(=O)OC(C)(C)C)=C2C(=O)OC(C)(C)C)c(C)c1. The molecule has 0 fully saturated rings. The zero-order valence-corrected chi connectivity index (χ0v) is 38.2. The normalized spacial score (nSPS) is 17.2. The third-order valence-corrected chi connectivity index (χ3v) is 21.1. The van der Waals surface area contributed by atoms with Crippen LogP contribution in [0.5, 0.6) is 0 Å². The molecule has 0 aliphatic carbocycles. The maximum atomic E-state index is 15.0. The molecule has 0 radical (unpaired) electrons. The van der Waals surface area contributed by atoms with E-state index in [2.05, 4.69) is 0 Å². The molecule has 3 rings (SSSR count). The van der Waals surface area contributed by atoms with Crippen LogP contribution in [-0.2, 0) is 38.1 Å². The molecule has 0 spiro atoms. The van der Waals surface area contributed by atoms with Crippen LogP contribution in [0.1, 0.15) is 116 Å². The molecule has 2 aromatic rings. The number of carbonyl (C=O) groups excluding carboxylic acids is 4. The van der Waals surface area contributed by atoms with Crippen LogP contribution in [0.2, 0.25) is 0 Å². The van der Waals surface area contributed by atoms with Crippen molar-refractivity contribution in [2.24, 2.45) is 0 Å². The number of aryl methyl sites for hydroxylation is 6. The van der Waals surface area contributed by atoms with Crippen LogP contribution < -0.4 is 8.70 Å². The van der Waals surface area contributed by atoms with Crippen molar-refractivity contribution in [3.05, 3.63) is 75.1 Å². The van der Waals surface area contributed by atoms with Crippen molar-refractivity contribution in [1.82, 2.24) is 0 Å². The minimum atomic E-state index is -3.54. The summed E-state index contributed by atoms with van der Waals surface area (Å²) in [7, 11) is 0. The molecule has 0 aromatic heterocycles. The Hall–Kier alpha value is -3.08. The number of ether oxygens (including phenoxy) is 4. The Morgan fingerprint density at radius 1 is 0.385 bits per heavy atom. The van der Waals surface area contributed by atoms with Crippen LogP contribution in [0.4, 0.5) is 0 Å². The summed E-state index contributed by atoms with van der Waals surface area (Å²) >= 11 is -7.08. The molecule has 8 nitrogen and oxygen atoms in total. The van der Waals surface area contributed by atoms with Gasteiger partial charge in [-0.2, -0.15) is 0 Å². The fraction of sp³-hybridized carbons (Fsp3) is 0.524. The van der Waals surface area contributed by atoms with E-state index in [-0.39, 0.29) is 17.4 Å². The van der Waals surface area contributed by atoms with E-state index < -0.39 is 75.6 Å². The molecule has 52 heavy (non-hydrogen) atoms. The first-order valence-electron chi connectivity index (χ1n) is 17.6. The molecule has 0 unspecified atom stereocenters. The zero-order chi connectivity index (χ0) is 40.0. The van der Waals surface area contributed by atoms with Crippen LogP contribution in [0.15, 0.2) is 41.7 Å². The molecular weight excluding hydrogens is 782 g/mol. The van der Waals surface area contributed by atoms with Crippen molar-refractivity contribution < 1.29 is 38.1 Å². The Labute approximate surface area is 320 Å². The Kier molecular flexibility index (Phi) is 12.8. The van der Waals surface area contributed by atoms with E-state index in [1.54, 1.807) is 83.1 Å². The van der Waals surface area contributed by atoms with Gasteiger partial charge in [-0.15, -0.1) is 0 Å². The van der Waals surface area contributed by atoms with Gasteiger partial charge in [-0.05, 0) is 0 Å². The van der Waals surface area contributed by atoms with Gasteiger partial charge in [0.05, 0.1) is 0 Å². The summed E-state index contributed by atoms with van der Waals surface area (Å²) in [5.74, 6) is -2.84. The van der Waals surface area contributed by atoms with Gasteiger partial charge in [-0.1, -0.05) is 0 Å². The number of benzene rings is 2. The molecule has 10 heteroatoms. The summed E-state index contributed by atoms with van der Waals surface area (Å²) in [6.45, 7) is 32.9. The summed E-state index contributed by atoms with van der Waals surface area (Å²) < 4.78 is 26.7. The van der Waals surface area contributed by atoms with Gasteiger partial charge in [0.2, 0.25) is 0 Å². The van der Waals surface area contributed by atoms with E-state index in [4.69, 9.17) is 18.9 Å². The van der Waals surface area contributed by atoms with E-state index >= 15 is 19.2 Å². The van der Waals surface area contributed by atoms with Crippen LogP contribution in [-0.4, -0.2) is 75.6 Å². The molecule has 1 aliphatic rings. The van der Waals surface area contributed by atoms with Crippen molar-refractivity contribution in [1.29, 1.82) is 0 Å². The monoisotopic (exact) mass is 840 g/mol. The van der Waals surface area contributed by atoms with Crippen molar-refractivity contribution >= 4 is 61.9 Å². The number of rotatable bonds is 6. The van der Waals surface area contributed by atoms with Gasteiger partial charge in [-0.25, -0.2) is 0 Å². The average molecular weight is 841 g/mol. The van der Waals surface area contributed by atoms with Crippen molar-refractivity contribution in [2.45, 2.75) is 147 Å². The third-order valence-electron chi connectivity index (χ3n) is 7.43. The van der Waals surface area contributed by atoms with Gasteiger partial charge >= 0.3 is 322 Å². The van der Waals surface area contributed by atoms with E-state index in [1.165, 1.54) is 0 Å². The second-order valence-corrected chi connectivity index (χ2v) is 26.0. The molecule has 0 saturated heterocycles. The van der Waals surface area contributed by atoms with E-state index in [9.17, 15) is 0 Å². The second kappa shape index (κ2) is 15.3. The minimum absolute atomic E-state index is 0.124. The summed E-state index contributed by atoms with van der Waals surface area (Å²) in [6, 6.07) is 7.98. The number of hydrogen-bond donors (Lipinski definition) is 0. The Bertz CT molecular complexity index is 1600. The molecule has 0 saturated carbocycles. The molecule has 0 atom stereocenters. The zero-order valence-electron chi connectivity index (χ0n) is 34.5. The standard InChI is InChI=1S/C42H58As2O8/c1-23-19-25(3)29(26(4)20-23)43-31(35(45)49-39(7,8)9)33(37(47)51-41(13,14)15)44(30-27(5)21-24(2)22-28(30)6)34(38(48)52-42(16,17)18)32(43)36(46)50-40(10,11)12/h19-22H,1-18H3. The van der Waals surface area contributed by atoms with Gasteiger partial charge in [0.25, 0.3) is 0 Å². The quantitative estimate of drug-likeness (QED) is 0.179. The Morgan fingerprint density at radius 2 is 0.558 bits per heavy atom. The first kappa shape index (κ1) is 43.3. The predicted octanol–water partition coefficient (Wildman–Crippen LogP) is 6.77. The first-order chi connectivity index (χ1) is 23.4. The fourth-order valence-electron chi connectivity index (χ4n) is 6.20. The third kappa shape index (κ3) is 10.5.